The van der Waals surface area contributed by atoms with Gasteiger partial charge in [-0.25, -0.2) is 18.2 Å². The Balaban J connectivity index is 1.59. The molecule has 1 aliphatic carbocycles. The van der Waals surface area contributed by atoms with Crippen molar-refractivity contribution in [2.45, 2.75) is 57.9 Å². The molecule has 0 aliphatic heterocycles. The first-order valence-corrected chi connectivity index (χ1v) is 11.7. The minimum Gasteiger partial charge on any atom is -0.285 e. The van der Waals surface area contributed by atoms with E-state index in [0.29, 0.717) is 34.4 Å². The normalized spacial score (nSPS) is 18.0. The Morgan fingerprint density at radius 2 is 1.89 bits per heavy atom. The van der Waals surface area contributed by atoms with E-state index < -0.39 is 6.43 Å². The van der Waals surface area contributed by atoms with Crippen LogP contribution < -0.4 is 5.56 Å². The van der Waals surface area contributed by atoms with Gasteiger partial charge in [0.05, 0.1) is 17.9 Å². The van der Waals surface area contributed by atoms with Crippen LogP contribution in [-0.4, -0.2) is 19.5 Å². The zero-order valence-corrected chi connectivity index (χ0v) is 19.5. The van der Waals surface area contributed by atoms with E-state index in [-0.39, 0.29) is 41.0 Å². The van der Waals surface area contributed by atoms with Crippen molar-refractivity contribution < 1.29 is 13.2 Å². The second-order valence-corrected chi connectivity index (χ2v) is 9.23. The standard InChI is InChI=1S/C27H25F3N4O/c1-15-5-3-7-21(28)24(15)18-9-8-17(11-18)20-12-22-26(33-16(2)13-32-22)34(27(20)35)14-23-19(25(29)30)6-4-10-31-23/h3-7,10,12-13,17-18,25H,8-9,11,14H2,1-2H3/t17-,18+/m0/s1. The zero-order valence-electron chi connectivity index (χ0n) is 19.5. The molecule has 0 bridgehead atoms. The smallest absolute Gasteiger partial charge is 0.265 e. The highest BCUT2D eigenvalue weighted by molar-refractivity contribution is 5.71. The Morgan fingerprint density at radius 1 is 1.09 bits per heavy atom. The van der Waals surface area contributed by atoms with Crippen LogP contribution in [0.25, 0.3) is 11.2 Å². The monoisotopic (exact) mass is 478 g/mol. The molecule has 8 heteroatoms. The highest BCUT2D eigenvalue weighted by Gasteiger charge is 2.32. The van der Waals surface area contributed by atoms with Crippen molar-refractivity contribution in [2.75, 3.05) is 0 Å². The third-order valence-electron chi connectivity index (χ3n) is 6.96. The summed E-state index contributed by atoms with van der Waals surface area (Å²) in [6, 6.07) is 9.61. The number of aryl methyl sites for hydroxylation is 2. The highest BCUT2D eigenvalue weighted by atomic mass is 19.3. The molecule has 2 atom stereocenters. The fraction of sp³-hybridized carbons (Fsp3) is 0.333. The molecule has 180 valence electrons. The number of hydrogen-bond acceptors (Lipinski definition) is 4. The van der Waals surface area contributed by atoms with Gasteiger partial charge in [0.2, 0.25) is 0 Å². The molecule has 1 aliphatic rings. The van der Waals surface area contributed by atoms with Gasteiger partial charge in [0.15, 0.2) is 5.65 Å². The van der Waals surface area contributed by atoms with Crippen molar-refractivity contribution in [2.24, 2.45) is 0 Å². The van der Waals surface area contributed by atoms with Crippen LogP contribution in [0.2, 0.25) is 0 Å². The van der Waals surface area contributed by atoms with E-state index in [0.717, 1.165) is 18.4 Å². The SMILES string of the molecule is Cc1cnc2cc([C@H]3CC[C@@H](c4c(C)cccc4F)C3)c(=O)n(Cc3ncccc3C(F)F)c2n1. The maximum absolute atomic E-state index is 14.6. The summed E-state index contributed by atoms with van der Waals surface area (Å²) in [6.07, 6.45) is 2.47. The van der Waals surface area contributed by atoms with Gasteiger partial charge in [-0.2, -0.15) is 0 Å². The summed E-state index contributed by atoms with van der Waals surface area (Å²) in [7, 11) is 0. The lowest BCUT2D eigenvalue weighted by Gasteiger charge is -2.17. The maximum Gasteiger partial charge on any atom is 0.265 e. The molecule has 5 rings (SSSR count). The van der Waals surface area contributed by atoms with Crippen molar-refractivity contribution in [3.8, 4) is 0 Å². The highest BCUT2D eigenvalue weighted by Crippen LogP contribution is 2.44. The average molecular weight is 479 g/mol. The van der Waals surface area contributed by atoms with E-state index in [2.05, 4.69) is 15.0 Å². The Kier molecular flexibility index (Phi) is 6.13. The first-order chi connectivity index (χ1) is 16.8. The Hall–Kier alpha value is -3.55. The zero-order chi connectivity index (χ0) is 24.7. The molecule has 3 aromatic heterocycles. The van der Waals surface area contributed by atoms with E-state index in [1.54, 1.807) is 25.3 Å². The number of pyridine rings is 2. The lowest BCUT2D eigenvalue weighted by molar-refractivity contribution is 0.149. The summed E-state index contributed by atoms with van der Waals surface area (Å²) in [4.78, 5) is 26.8. The van der Waals surface area contributed by atoms with Crippen molar-refractivity contribution >= 4 is 11.2 Å². The van der Waals surface area contributed by atoms with Gasteiger partial charge in [-0.05, 0) is 80.3 Å². The van der Waals surface area contributed by atoms with Gasteiger partial charge >= 0.3 is 0 Å². The van der Waals surface area contributed by atoms with Gasteiger partial charge in [0.1, 0.15) is 11.3 Å². The van der Waals surface area contributed by atoms with Crippen LogP contribution in [0, 0.1) is 19.7 Å². The van der Waals surface area contributed by atoms with Crippen LogP contribution in [0.1, 0.15) is 71.2 Å². The second kappa shape index (κ2) is 9.24. The molecule has 0 spiro atoms. The summed E-state index contributed by atoms with van der Waals surface area (Å²) >= 11 is 0. The van der Waals surface area contributed by atoms with Crippen molar-refractivity contribution in [1.82, 2.24) is 19.5 Å². The molecule has 0 N–H and O–H groups in total. The summed E-state index contributed by atoms with van der Waals surface area (Å²) < 4.78 is 43.3. The van der Waals surface area contributed by atoms with Crippen LogP contribution >= 0.6 is 0 Å². The van der Waals surface area contributed by atoms with E-state index in [1.807, 2.05) is 13.0 Å². The van der Waals surface area contributed by atoms with Gasteiger partial charge in [-0.3, -0.25) is 19.3 Å². The summed E-state index contributed by atoms with van der Waals surface area (Å²) in [5, 5.41) is 0. The molecule has 3 heterocycles. The molecule has 1 saturated carbocycles. The topological polar surface area (TPSA) is 60.7 Å². The van der Waals surface area contributed by atoms with Gasteiger partial charge in [0.25, 0.3) is 12.0 Å². The van der Waals surface area contributed by atoms with E-state index >= 15 is 0 Å². The van der Waals surface area contributed by atoms with Crippen LogP contribution in [0.15, 0.2) is 53.6 Å². The van der Waals surface area contributed by atoms with E-state index in [9.17, 15) is 18.0 Å². The lowest BCUT2D eigenvalue weighted by Crippen LogP contribution is -2.27. The number of fused-ring (bicyclic) bond motifs is 1. The predicted octanol–water partition coefficient (Wildman–Crippen LogP) is 5.98. The number of halogens is 3. The first kappa shape index (κ1) is 23.2. The number of alkyl halides is 2. The number of benzene rings is 1. The molecule has 0 amide bonds. The third-order valence-corrected chi connectivity index (χ3v) is 6.96. The largest absolute Gasteiger partial charge is 0.285 e. The van der Waals surface area contributed by atoms with Crippen molar-refractivity contribution in [3.05, 3.63) is 98.6 Å². The van der Waals surface area contributed by atoms with Crippen LogP contribution in [0.4, 0.5) is 13.2 Å². The molecule has 1 aromatic carbocycles. The predicted molar refractivity (Wildman–Crippen MR) is 127 cm³/mol. The lowest BCUT2D eigenvalue weighted by atomic mass is 9.90. The third kappa shape index (κ3) is 4.33. The molecule has 1 fully saturated rings. The van der Waals surface area contributed by atoms with Crippen molar-refractivity contribution in [1.29, 1.82) is 0 Å². The second-order valence-electron chi connectivity index (χ2n) is 9.23. The fourth-order valence-corrected chi connectivity index (χ4v) is 5.29. The first-order valence-electron chi connectivity index (χ1n) is 11.7. The number of nitrogens with zero attached hydrogens (tertiary/aromatic N) is 4. The molecular formula is C27H25F3N4O. The van der Waals surface area contributed by atoms with Gasteiger partial charge in [-0.1, -0.05) is 12.1 Å². The van der Waals surface area contributed by atoms with E-state index in [1.165, 1.54) is 29.0 Å². The van der Waals surface area contributed by atoms with Crippen molar-refractivity contribution in [3.63, 3.8) is 0 Å². The molecule has 4 aromatic rings. The van der Waals surface area contributed by atoms with Crippen LogP contribution in [0.3, 0.4) is 0 Å². The summed E-state index contributed by atoms with van der Waals surface area (Å²) in [5.41, 5.74) is 3.26. The molecule has 0 saturated heterocycles. The fourth-order valence-electron chi connectivity index (χ4n) is 5.29. The average Bonchev–Trinajstić information content (AvgIpc) is 3.30. The number of aromatic nitrogens is 4. The molecule has 0 radical (unpaired) electrons. The molecule has 0 unspecified atom stereocenters. The molecule has 35 heavy (non-hydrogen) atoms. The Bertz CT molecular complexity index is 1450. The molecular weight excluding hydrogens is 453 g/mol. The van der Waals surface area contributed by atoms with Crippen LogP contribution in [-0.2, 0) is 6.54 Å². The number of hydrogen-bond donors (Lipinski definition) is 0. The van der Waals surface area contributed by atoms with E-state index in [4.69, 9.17) is 0 Å². The Morgan fingerprint density at radius 3 is 2.66 bits per heavy atom. The van der Waals surface area contributed by atoms with Gasteiger partial charge in [0, 0.05) is 23.5 Å². The molecule has 5 nitrogen and oxygen atoms in total. The Labute approximate surface area is 200 Å². The summed E-state index contributed by atoms with van der Waals surface area (Å²) in [5.74, 6) is -0.304. The van der Waals surface area contributed by atoms with Gasteiger partial charge in [-0.15, -0.1) is 0 Å². The quantitative estimate of drug-likeness (QED) is 0.354. The minimum atomic E-state index is -2.71. The minimum absolute atomic E-state index is 0.00933. The van der Waals surface area contributed by atoms with Gasteiger partial charge < -0.3 is 0 Å². The van der Waals surface area contributed by atoms with Crippen LogP contribution in [0.5, 0.6) is 0 Å². The summed E-state index contributed by atoms with van der Waals surface area (Å²) in [6.45, 7) is 3.53. The maximum atomic E-state index is 14.6. The number of rotatable bonds is 5.